The van der Waals surface area contributed by atoms with Gasteiger partial charge in [-0.25, -0.2) is 0 Å². The maximum atomic E-state index is 11.6. The Morgan fingerprint density at radius 1 is 1.30 bits per heavy atom. The Labute approximate surface area is 135 Å². The molecule has 3 heteroatoms. The molecule has 3 atom stereocenters. The van der Waals surface area contributed by atoms with Gasteiger partial charge in [0.25, 0.3) is 0 Å². The molecule has 0 radical (unpaired) electrons. The van der Waals surface area contributed by atoms with Gasteiger partial charge in [-0.05, 0) is 44.6 Å². The van der Waals surface area contributed by atoms with Crippen LogP contribution in [0.1, 0.15) is 55.7 Å². The molecule has 0 heterocycles. The van der Waals surface area contributed by atoms with Crippen LogP contribution in [0.25, 0.3) is 0 Å². The third-order valence-corrected chi connectivity index (χ3v) is 3.29. The second-order valence-electron chi connectivity index (χ2n) is 5.08. The first kappa shape index (κ1) is 7.28. The zero-order chi connectivity index (χ0) is 22.6. The number of benzene rings is 1. The fourth-order valence-corrected chi connectivity index (χ4v) is 2.24. The summed E-state index contributed by atoms with van der Waals surface area (Å²) < 4.78 is 78.8. The van der Waals surface area contributed by atoms with E-state index < -0.39 is 43.4 Å². The molecule has 1 saturated carbocycles. The summed E-state index contributed by atoms with van der Waals surface area (Å²) in [6, 6.07) is 6.23. The van der Waals surface area contributed by atoms with E-state index in [1.165, 1.54) is 7.11 Å². The van der Waals surface area contributed by atoms with Crippen molar-refractivity contribution in [2.24, 2.45) is 0 Å². The van der Waals surface area contributed by atoms with E-state index in [1.807, 2.05) is 0 Å². The molecule has 0 bridgehead atoms. The first-order valence-corrected chi connectivity index (χ1v) is 6.43. The smallest absolute Gasteiger partial charge is 0.118 e. The van der Waals surface area contributed by atoms with E-state index in [2.05, 4.69) is 0 Å². The topological polar surface area (TPSA) is 32.7 Å². The predicted molar refractivity (Wildman–Crippen MR) is 82.3 cm³/mol. The van der Waals surface area contributed by atoms with E-state index in [0.717, 1.165) is 0 Å². The molecule has 1 aromatic rings. The monoisotopic (exact) mass is 286 g/mol. The number of aliphatic hydroxyl groups is 1. The van der Waals surface area contributed by atoms with Crippen LogP contribution in [0.15, 0.2) is 24.3 Å². The van der Waals surface area contributed by atoms with Crippen molar-refractivity contribution >= 4 is 0 Å². The van der Waals surface area contributed by atoms with Gasteiger partial charge in [-0.1, -0.05) is 31.3 Å². The van der Waals surface area contributed by atoms with Crippen LogP contribution in [0.5, 0.6) is 5.75 Å². The Hall–Kier alpha value is -1.06. The highest BCUT2D eigenvalue weighted by Gasteiger charge is 2.38. The van der Waals surface area contributed by atoms with Crippen molar-refractivity contribution in [1.82, 2.24) is 4.90 Å². The van der Waals surface area contributed by atoms with Crippen molar-refractivity contribution in [2.45, 2.75) is 43.4 Å². The number of ether oxygens (including phenoxy) is 1. The van der Waals surface area contributed by atoms with Crippen molar-refractivity contribution in [3.63, 3.8) is 0 Å². The van der Waals surface area contributed by atoms with Crippen LogP contribution in [0.4, 0.5) is 0 Å². The van der Waals surface area contributed by atoms with Crippen LogP contribution >= 0.6 is 0 Å². The fraction of sp³-hybridized carbons (Fsp3) is 0.647. The van der Waals surface area contributed by atoms with E-state index in [0.29, 0.717) is 11.3 Å². The van der Waals surface area contributed by atoms with Gasteiger partial charge < -0.3 is 14.7 Å². The highest BCUT2D eigenvalue weighted by atomic mass is 16.5. The molecule has 0 spiro atoms. The molecule has 112 valence electrons. The average molecular weight is 286 g/mol. The van der Waals surface area contributed by atoms with E-state index >= 15 is 0 Å². The summed E-state index contributed by atoms with van der Waals surface area (Å²) in [5.41, 5.74) is -2.51. The van der Waals surface area contributed by atoms with Gasteiger partial charge in [0.2, 0.25) is 0 Å². The molecule has 1 aromatic carbocycles. The maximum Gasteiger partial charge on any atom is 0.118 e. The Morgan fingerprint density at radius 3 is 2.60 bits per heavy atom. The van der Waals surface area contributed by atoms with Gasteiger partial charge in [0.15, 0.2) is 0 Å². The molecule has 1 N–H and O–H groups in total. The van der Waals surface area contributed by atoms with Gasteiger partial charge in [0.05, 0.1) is 12.7 Å². The van der Waals surface area contributed by atoms with Crippen molar-refractivity contribution in [3.05, 3.63) is 29.8 Å². The zero-order valence-corrected chi connectivity index (χ0v) is 12.0. The van der Waals surface area contributed by atoms with Crippen molar-refractivity contribution in [2.75, 3.05) is 27.7 Å². The van der Waals surface area contributed by atoms with Gasteiger partial charge in [-0.3, -0.25) is 0 Å². The quantitative estimate of drug-likeness (QED) is 0.903. The molecule has 0 amide bonds. The van der Waals surface area contributed by atoms with Crippen LogP contribution in [-0.4, -0.2) is 43.4 Å². The molecule has 1 fully saturated rings. The van der Waals surface area contributed by atoms with Crippen LogP contribution in [0.2, 0.25) is 0 Å². The second-order valence-corrected chi connectivity index (χ2v) is 5.08. The van der Waals surface area contributed by atoms with Gasteiger partial charge in [-0.2, -0.15) is 0 Å². The molecule has 1 aliphatic rings. The second kappa shape index (κ2) is 6.59. The van der Waals surface area contributed by atoms with Crippen molar-refractivity contribution in [3.8, 4) is 5.75 Å². The van der Waals surface area contributed by atoms with Crippen LogP contribution in [0, 0.1) is 0 Å². The number of hydrogen-bond donors (Lipinski definition) is 1. The molecule has 3 unspecified atom stereocenters. The number of hydrogen-bond acceptors (Lipinski definition) is 3. The number of nitrogens with zero attached hydrogens (tertiary/aromatic N) is 1. The number of likely N-dealkylation sites (N-methyl/N-ethyl adjacent to an activating group) is 1. The summed E-state index contributed by atoms with van der Waals surface area (Å²) in [4.78, 5) is 1.62. The van der Waals surface area contributed by atoms with E-state index in [-0.39, 0.29) is 6.54 Å². The average Bonchev–Trinajstić information content (AvgIpc) is 2.63. The minimum absolute atomic E-state index is 0.0210. The molecule has 1 aliphatic carbocycles. The van der Waals surface area contributed by atoms with Crippen molar-refractivity contribution in [1.29, 1.82) is 0 Å². The number of methoxy groups -OCH3 is 1. The lowest BCUT2D eigenvalue weighted by atomic mass is 9.72. The molecule has 20 heavy (non-hydrogen) atoms. The van der Waals surface area contributed by atoms with Gasteiger partial charge in [0, 0.05) is 24.8 Å². The summed E-state index contributed by atoms with van der Waals surface area (Å²) in [6.45, 7) is -0.0210. The van der Waals surface area contributed by atoms with Gasteiger partial charge in [-0.15, -0.1) is 0 Å². The maximum absolute atomic E-state index is 11.6. The normalized spacial score (nSPS) is 45.0. The summed E-state index contributed by atoms with van der Waals surface area (Å²) in [6.07, 6.45) is -15.5. The third kappa shape index (κ3) is 3.53. The summed E-state index contributed by atoms with van der Waals surface area (Å²) in [7, 11) is 4.77. The molecular weight excluding hydrogens is 250 g/mol. The Bertz CT molecular complexity index is 739. The molecular formula is C17H27NO2. The molecule has 0 aromatic heterocycles. The Morgan fingerprint density at radius 2 is 2.00 bits per heavy atom. The third-order valence-electron chi connectivity index (χ3n) is 3.29. The summed E-state index contributed by atoms with van der Waals surface area (Å²) in [5.74, 6) is -0.720. The highest BCUT2D eigenvalue weighted by molar-refractivity contribution is 5.31. The largest absolute Gasteiger partial charge is 0.497 e. The number of rotatable bonds is 5. The highest BCUT2D eigenvalue weighted by Crippen LogP contribution is 2.40. The first-order valence-electron chi connectivity index (χ1n) is 11.0. The Balaban J connectivity index is 2.77. The fourth-order valence-electron chi connectivity index (χ4n) is 2.24. The SMILES string of the molecule is [2H]C1C([2H])([2H])C([2H])([2H])C([2H])([2H])C([2H])([2H])C1(O)C(CN(C)C)c1ccc(OC)cc1. The van der Waals surface area contributed by atoms with Crippen LogP contribution in [0.3, 0.4) is 0 Å². The molecule has 0 saturated heterocycles. The van der Waals surface area contributed by atoms with Crippen LogP contribution in [-0.2, 0) is 0 Å². The van der Waals surface area contributed by atoms with Crippen LogP contribution < -0.4 is 4.74 Å². The molecule has 3 nitrogen and oxygen atoms in total. The van der Waals surface area contributed by atoms with Gasteiger partial charge >= 0.3 is 0 Å². The summed E-state index contributed by atoms with van der Waals surface area (Å²) >= 11 is 0. The van der Waals surface area contributed by atoms with E-state index in [4.69, 9.17) is 17.1 Å². The minimum atomic E-state index is -3.41. The van der Waals surface area contributed by atoms with Gasteiger partial charge in [0.1, 0.15) is 5.75 Å². The lowest BCUT2D eigenvalue weighted by Crippen LogP contribution is -2.42. The van der Waals surface area contributed by atoms with Crippen molar-refractivity contribution < 1.29 is 22.2 Å². The predicted octanol–water partition coefficient (Wildman–Crippen LogP) is 3.04. The lowest BCUT2D eigenvalue weighted by Gasteiger charge is -2.40. The van der Waals surface area contributed by atoms with E-state index in [9.17, 15) is 5.11 Å². The minimum Gasteiger partial charge on any atom is -0.497 e. The molecule has 0 aliphatic heterocycles. The lowest BCUT2D eigenvalue weighted by molar-refractivity contribution is -0.0277. The van der Waals surface area contributed by atoms with E-state index in [1.54, 1.807) is 43.3 Å². The standard InChI is InChI=1S/C17H27NO2/c1-18(2)13-16(17(19)11-5-4-6-12-17)14-7-9-15(20-3)10-8-14/h7-10,16,19H,4-6,11-13H2,1-3H3/i4D2,5D2,6D2,11D,12D2. The Kier molecular flexibility index (Phi) is 2.40. The summed E-state index contributed by atoms with van der Waals surface area (Å²) in [5, 5.41) is 11.6. The molecule has 2 rings (SSSR count). The zero-order valence-electron chi connectivity index (χ0n) is 21.0. The first-order chi connectivity index (χ1) is 13.0.